The van der Waals surface area contributed by atoms with Crippen molar-refractivity contribution in [2.75, 3.05) is 31.2 Å². The third-order valence-corrected chi connectivity index (χ3v) is 3.44. The molecule has 1 saturated heterocycles. The Labute approximate surface area is 110 Å². The van der Waals surface area contributed by atoms with Crippen LogP contribution in [-0.4, -0.2) is 41.8 Å². The van der Waals surface area contributed by atoms with E-state index >= 15 is 0 Å². The van der Waals surface area contributed by atoms with Crippen molar-refractivity contribution in [3.63, 3.8) is 0 Å². The average Bonchev–Trinajstić information content (AvgIpc) is 2.76. The number of benzene rings is 1. The lowest BCUT2D eigenvalue weighted by atomic mass is 10.2. The second kappa shape index (κ2) is 4.55. The van der Waals surface area contributed by atoms with E-state index in [1.165, 1.54) is 0 Å². The largest absolute Gasteiger partial charge is 0.378 e. The van der Waals surface area contributed by atoms with Crippen molar-refractivity contribution in [2.45, 2.75) is 0 Å². The summed E-state index contributed by atoms with van der Waals surface area (Å²) in [6, 6.07) is 5.35. The van der Waals surface area contributed by atoms with Gasteiger partial charge in [-0.1, -0.05) is 0 Å². The first-order valence-corrected chi connectivity index (χ1v) is 6.26. The summed E-state index contributed by atoms with van der Waals surface area (Å²) in [6.45, 7) is 3.10. The fourth-order valence-corrected chi connectivity index (χ4v) is 2.39. The van der Waals surface area contributed by atoms with Gasteiger partial charge in [0, 0.05) is 25.7 Å². The number of aromatic nitrogens is 2. The molecular weight excluding hydrogens is 244 g/mol. The summed E-state index contributed by atoms with van der Waals surface area (Å²) < 4.78 is 7.38. The highest BCUT2D eigenvalue weighted by molar-refractivity contribution is 5.96. The molecule has 0 atom stereocenters. The van der Waals surface area contributed by atoms with Gasteiger partial charge in [0.25, 0.3) is 0 Å². The van der Waals surface area contributed by atoms with Crippen molar-refractivity contribution in [1.29, 1.82) is 0 Å². The van der Waals surface area contributed by atoms with E-state index in [-0.39, 0.29) is 0 Å². The molecule has 0 spiro atoms. The fraction of sp³-hybridized carbons (Fsp3) is 0.385. The third kappa shape index (κ3) is 2.04. The standard InChI is InChI=1S/C13H16N4O2/c1-16-11-3-2-9(12(14)18)8-10(11)15-13(16)17-4-6-19-7-5-17/h2-3,8H,4-7H2,1H3,(H2,14,18). The predicted molar refractivity (Wildman–Crippen MR) is 72.3 cm³/mol. The van der Waals surface area contributed by atoms with Gasteiger partial charge in [-0.3, -0.25) is 4.79 Å². The van der Waals surface area contributed by atoms with Crippen molar-refractivity contribution in [1.82, 2.24) is 9.55 Å². The Morgan fingerprint density at radius 1 is 1.37 bits per heavy atom. The zero-order valence-electron chi connectivity index (χ0n) is 10.8. The van der Waals surface area contributed by atoms with Crippen LogP contribution in [0, 0.1) is 0 Å². The highest BCUT2D eigenvalue weighted by Gasteiger charge is 2.18. The predicted octanol–water partition coefficient (Wildman–Crippen LogP) is 0.509. The second-order valence-electron chi connectivity index (χ2n) is 4.64. The van der Waals surface area contributed by atoms with Crippen LogP contribution in [-0.2, 0) is 11.8 Å². The lowest BCUT2D eigenvalue weighted by Crippen LogP contribution is -2.37. The summed E-state index contributed by atoms with van der Waals surface area (Å²) in [7, 11) is 1.98. The Bertz CT molecular complexity index is 629. The molecule has 19 heavy (non-hydrogen) atoms. The molecule has 0 saturated carbocycles. The molecule has 2 aromatic rings. The number of hydrogen-bond donors (Lipinski definition) is 1. The van der Waals surface area contributed by atoms with Crippen molar-refractivity contribution >= 4 is 22.9 Å². The Kier molecular flexibility index (Phi) is 2.87. The number of nitrogens with zero attached hydrogens (tertiary/aromatic N) is 3. The van der Waals surface area contributed by atoms with Gasteiger partial charge in [0.05, 0.1) is 24.2 Å². The zero-order chi connectivity index (χ0) is 13.4. The van der Waals surface area contributed by atoms with E-state index in [9.17, 15) is 4.79 Å². The number of carbonyl (C=O) groups is 1. The van der Waals surface area contributed by atoms with E-state index in [0.717, 1.165) is 43.3 Å². The van der Waals surface area contributed by atoms with Gasteiger partial charge in [-0.25, -0.2) is 4.98 Å². The van der Waals surface area contributed by atoms with Gasteiger partial charge in [-0.05, 0) is 18.2 Å². The SMILES string of the molecule is Cn1c(N2CCOCC2)nc2cc(C(N)=O)ccc21. The van der Waals surface area contributed by atoms with Crippen molar-refractivity contribution in [3.05, 3.63) is 23.8 Å². The van der Waals surface area contributed by atoms with Gasteiger partial charge in [0.2, 0.25) is 11.9 Å². The number of nitrogens with two attached hydrogens (primary N) is 1. The van der Waals surface area contributed by atoms with Crippen molar-refractivity contribution in [2.24, 2.45) is 12.8 Å². The summed E-state index contributed by atoms with van der Waals surface area (Å²) in [5, 5.41) is 0. The first-order valence-electron chi connectivity index (χ1n) is 6.26. The number of morpholine rings is 1. The number of ether oxygens (including phenoxy) is 1. The highest BCUT2D eigenvalue weighted by atomic mass is 16.5. The molecule has 1 amide bonds. The molecule has 0 aliphatic carbocycles. The maximum absolute atomic E-state index is 11.2. The van der Waals surface area contributed by atoms with E-state index < -0.39 is 5.91 Å². The minimum absolute atomic E-state index is 0.430. The number of amides is 1. The van der Waals surface area contributed by atoms with Gasteiger partial charge in [-0.15, -0.1) is 0 Å². The smallest absolute Gasteiger partial charge is 0.248 e. The third-order valence-electron chi connectivity index (χ3n) is 3.44. The van der Waals surface area contributed by atoms with Crippen LogP contribution in [0.4, 0.5) is 5.95 Å². The van der Waals surface area contributed by atoms with Gasteiger partial charge in [0.15, 0.2) is 0 Å². The van der Waals surface area contributed by atoms with Crippen molar-refractivity contribution < 1.29 is 9.53 Å². The van der Waals surface area contributed by atoms with E-state index in [1.54, 1.807) is 12.1 Å². The minimum atomic E-state index is -0.430. The fourth-order valence-electron chi connectivity index (χ4n) is 2.39. The molecule has 6 heteroatoms. The topological polar surface area (TPSA) is 73.4 Å². The number of imidazole rings is 1. The molecule has 6 nitrogen and oxygen atoms in total. The molecule has 100 valence electrons. The van der Waals surface area contributed by atoms with E-state index in [4.69, 9.17) is 10.5 Å². The molecule has 1 aliphatic rings. The van der Waals surface area contributed by atoms with Crippen LogP contribution in [0.2, 0.25) is 0 Å². The maximum atomic E-state index is 11.2. The number of primary amides is 1. The summed E-state index contributed by atoms with van der Waals surface area (Å²) in [4.78, 5) is 18.0. The molecule has 0 bridgehead atoms. The number of anilines is 1. The number of rotatable bonds is 2. The maximum Gasteiger partial charge on any atom is 0.248 e. The minimum Gasteiger partial charge on any atom is -0.378 e. The lowest BCUT2D eigenvalue weighted by molar-refractivity contribution is 0.100. The number of hydrogen-bond acceptors (Lipinski definition) is 4. The number of aryl methyl sites for hydroxylation is 1. The molecule has 3 rings (SSSR count). The van der Waals surface area contributed by atoms with Gasteiger partial charge in [0.1, 0.15) is 0 Å². The van der Waals surface area contributed by atoms with Crippen LogP contribution in [0.1, 0.15) is 10.4 Å². The highest BCUT2D eigenvalue weighted by Crippen LogP contribution is 2.22. The summed E-state index contributed by atoms with van der Waals surface area (Å²) in [5.41, 5.74) is 7.56. The number of fused-ring (bicyclic) bond motifs is 1. The molecule has 2 N–H and O–H groups in total. The van der Waals surface area contributed by atoms with E-state index in [2.05, 4.69) is 9.88 Å². The molecule has 0 radical (unpaired) electrons. The number of carbonyl (C=O) groups excluding carboxylic acids is 1. The molecule has 0 unspecified atom stereocenters. The van der Waals surface area contributed by atoms with E-state index in [1.807, 2.05) is 17.7 Å². The zero-order valence-corrected chi connectivity index (χ0v) is 10.8. The molecule has 1 aliphatic heterocycles. The molecule has 1 aromatic carbocycles. The summed E-state index contributed by atoms with van der Waals surface area (Å²) in [6.07, 6.45) is 0. The molecular formula is C13H16N4O2. The van der Waals surface area contributed by atoms with Gasteiger partial charge in [-0.2, -0.15) is 0 Å². The summed E-state index contributed by atoms with van der Waals surface area (Å²) >= 11 is 0. The molecule has 2 heterocycles. The second-order valence-corrected chi connectivity index (χ2v) is 4.64. The van der Waals surface area contributed by atoms with Crippen LogP contribution < -0.4 is 10.6 Å². The van der Waals surface area contributed by atoms with Crippen LogP contribution in [0.15, 0.2) is 18.2 Å². The molecule has 1 aromatic heterocycles. The van der Waals surface area contributed by atoms with E-state index in [0.29, 0.717) is 5.56 Å². The van der Waals surface area contributed by atoms with Crippen LogP contribution in [0.3, 0.4) is 0 Å². The first kappa shape index (κ1) is 12.0. The summed E-state index contributed by atoms with van der Waals surface area (Å²) in [5.74, 6) is 0.473. The molecule has 1 fully saturated rings. The van der Waals surface area contributed by atoms with Crippen LogP contribution in [0.25, 0.3) is 11.0 Å². The Balaban J connectivity index is 2.06. The van der Waals surface area contributed by atoms with Crippen LogP contribution in [0.5, 0.6) is 0 Å². The average molecular weight is 260 g/mol. The van der Waals surface area contributed by atoms with Crippen molar-refractivity contribution in [3.8, 4) is 0 Å². The Morgan fingerprint density at radius 2 is 2.11 bits per heavy atom. The van der Waals surface area contributed by atoms with Gasteiger partial charge < -0.3 is 19.9 Å². The first-order chi connectivity index (χ1) is 9.16. The lowest BCUT2D eigenvalue weighted by Gasteiger charge is -2.27. The monoisotopic (exact) mass is 260 g/mol. The normalized spacial score (nSPS) is 15.9. The van der Waals surface area contributed by atoms with Gasteiger partial charge >= 0.3 is 0 Å². The Hall–Kier alpha value is -2.08. The van der Waals surface area contributed by atoms with Crippen LogP contribution >= 0.6 is 0 Å². The Morgan fingerprint density at radius 3 is 2.79 bits per heavy atom. The quantitative estimate of drug-likeness (QED) is 0.853.